The molecule has 0 radical (unpaired) electrons. The summed E-state index contributed by atoms with van der Waals surface area (Å²) in [4.78, 5) is 14.7. The van der Waals surface area contributed by atoms with Crippen molar-refractivity contribution < 1.29 is 4.79 Å². The summed E-state index contributed by atoms with van der Waals surface area (Å²) in [6, 6.07) is 18.3. The van der Waals surface area contributed by atoms with Gasteiger partial charge >= 0.3 is 0 Å². The lowest BCUT2D eigenvalue weighted by atomic mass is 9.95. The summed E-state index contributed by atoms with van der Waals surface area (Å²) >= 11 is 0. The maximum atomic E-state index is 12.6. The second-order valence-corrected chi connectivity index (χ2v) is 6.10. The quantitative estimate of drug-likeness (QED) is 0.848. The van der Waals surface area contributed by atoms with Crippen LogP contribution in [0.25, 0.3) is 0 Å². The van der Waals surface area contributed by atoms with Gasteiger partial charge in [-0.05, 0) is 37.2 Å². The Kier molecular flexibility index (Phi) is 6.36. The molecule has 0 unspecified atom stereocenters. The van der Waals surface area contributed by atoms with Gasteiger partial charge < -0.3 is 10.2 Å². The van der Waals surface area contributed by atoms with E-state index in [0.717, 1.165) is 18.5 Å². The molecule has 3 nitrogen and oxygen atoms in total. The van der Waals surface area contributed by atoms with Gasteiger partial charge in [0, 0.05) is 13.1 Å². The highest BCUT2D eigenvalue weighted by Crippen LogP contribution is 2.19. The van der Waals surface area contributed by atoms with Crippen molar-refractivity contribution in [2.75, 3.05) is 14.1 Å². The van der Waals surface area contributed by atoms with Gasteiger partial charge in [-0.25, -0.2) is 0 Å². The van der Waals surface area contributed by atoms with Crippen molar-refractivity contribution in [1.29, 1.82) is 0 Å². The second kappa shape index (κ2) is 8.49. The topological polar surface area (TPSA) is 32.3 Å². The first-order chi connectivity index (χ1) is 11.1. The third kappa shape index (κ3) is 4.93. The summed E-state index contributed by atoms with van der Waals surface area (Å²) in [5, 5.41) is 3.10. The maximum absolute atomic E-state index is 12.6. The molecule has 2 aromatic rings. The molecular formula is C20H26N2O. The van der Waals surface area contributed by atoms with Gasteiger partial charge in [-0.1, -0.05) is 61.5 Å². The molecule has 0 aromatic heterocycles. The van der Waals surface area contributed by atoms with E-state index < -0.39 is 0 Å². The highest BCUT2D eigenvalue weighted by atomic mass is 16.1. The Bertz CT molecular complexity index is 623. The van der Waals surface area contributed by atoms with Gasteiger partial charge in [-0.3, -0.25) is 4.79 Å². The van der Waals surface area contributed by atoms with Crippen LogP contribution in [0.3, 0.4) is 0 Å². The molecular weight excluding hydrogens is 284 g/mol. The summed E-state index contributed by atoms with van der Waals surface area (Å²) in [6.45, 7) is 3.51. The summed E-state index contributed by atoms with van der Waals surface area (Å²) in [5.74, 6) is 0.00978. The lowest BCUT2D eigenvalue weighted by Gasteiger charge is -2.18. The number of carbonyl (C=O) groups is 1. The number of hydrogen-bond acceptors (Lipinski definition) is 2. The minimum Gasteiger partial charge on any atom is -0.351 e. The molecule has 1 N–H and O–H groups in total. The van der Waals surface area contributed by atoms with Crippen LogP contribution in [0, 0.1) is 0 Å². The molecule has 0 saturated heterocycles. The van der Waals surface area contributed by atoms with Gasteiger partial charge in [0.15, 0.2) is 0 Å². The normalized spacial score (nSPS) is 12.2. The number of carbonyl (C=O) groups excluding carboxylic acids is 1. The molecule has 3 heteroatoms. The van der Waals surface area contributed by atoms with E-state index in [1.165, 1.54) is 11.1 Å². The van der Waals surface area contributed by atoms with Gasteiger partial charge in [0.2, 0.25) is 5.91 Å². The first-order valence-corrected chi connectivity index (χ1v) is 8.16. The Morgan fingerprint density at radius 2 is 1.61 bits per heavy atom. The Hall–Kier alpha value is -2.13. The van der Waals surface area contributed by atoms with Crippen LogP contribution in [-0.4, -0.2) is 24.9 Å². The van der Waals surface area contributed by atoms with E-state index in [4.69, 9.17) is 0 Å². The van der Waals surface area contributed by atoms with Crippen LogP contribution >= 0.6 is 0 Å². The molecule has 2 rings (SSSR count). The van der Waals surface area contributed by atoms with E-state index >= 15 is 0 Å². The van der Waals surface area contributed by atoms with Gasteiger partial charge in [-0.2, -0.15) is 0 Å². The molecule has 0 aliphatic rings. The Labute approximate surface area is 139 Å². The average Bonchev–Trinajstić information content (AvgIpc) is 2.55. The number of rotatable bonds is 7. The minimum absolute atomic E-state index is 0.0859. The summed E-state index contributed by atoms with van der Waals surface area (Å²) in [5.41, 5.74) is 3.51. The predicted octanol–water partition coefficient (Wildman–Crippen LogP) is 3.56. The van der Waals surface area contributed by atoms with Crippen LogP contribution in [0.2, 0.25) is 0 Å². The van der Waals surface area contributed by atoms with Crippen LogP contribution in [0.1, 0.15) is 36.0 Å². The third-order valence-corrected chi connectivity index (χ3v) is 3.98. The number of amides is 1. The lowest BCUT2D eigenvalue weighted by molar-refractivity contribution is -0.122. The van der Waals surface area contributed by atoms with Crippen LogP contribution in [0.4, 0.5) is 0 Å². The predicted molar refractivity (Wildman–Crippen MR) is 95.2 cm³/mol. The van der Waals surface area contributed by atoms with Crippen LogP contribution in [0.5, 0.6) is 0 Å². The summed E-state index contributed by atoms with van der Waals surface area (Å²) < 4.78 is 0. The zero-order valence-electron chi connectivity index (χ0n) is 14.3. The highest BCUT2D eigenvalue weighted by molar-refractivity contribution is 5.83. The Balaban J connectivity index is 2.04. The van der Waals surface area contributed by atoms with Gasteiger partial charge in [0.1, 0.15) is 0 Å². The fraction of sp³-hybridized carbons (Fsp3) is 0.350. The van der Waals surface area contributed by atoms with Crippen molar-refractivity contribution >= 4 is 5.91 Å². The number of nitrogens with one attached hydrogen (secondary N) is 1. The zero-order valence-corrected chi connectivity index (χ0v) is 14.3. The zero-order chi connectivity index (χ0) is 16.7. The summed E-state index contributed by atoms with van der Waals surface area (Å²) in [6.07, 6.45) is 0.801. The molecule has 1 amide bonds. The maximum Gasteiger partial charge on any atom is 0.227 e. The highest BCUT2D eigenvalue weighted by Gasteiger charge is 2.18. The van der Waals surface area contributed by atoms with E-state index in [-0.39, 0.29) is 11.8 Å². The molecule has 0 bridgehead atoms. The largest absolute Gasteiger partial charge is 0.351 e. The molecule has 0 fully saturated rings. The number of hydrogen-bond donors (Lipinski definition) is 1. The van der Waals surface area contributed by atoms with Crippen LogP contribution in [-0.2, 0) is 17.9 Å². The van der Waals surface area contributed by atoms with E-state index in [1.54, 1.807) is 0 Å². The van der Waals surface area contributed by atoms with E-state index in [2.05, 4.69) is 43.4 Å². The van der Waals surface area contributed by atoms with Crippen molar-refractivity contribution in [3.63, 3.8) is 0 Å². The second-order valence-electron chi connectivity index (χ2n) is 6.10. The molecule has 2 aromatic carbocycles. The van der Waals surface area contributed by atoms with Crippen molar-refractivity contribution in [1.82, 2.24) is 10.2 Å². The number of benzene rings is 2. The lowest BCUT2D eigenvalue weighted by Crippen LogP contribution is -2.29. The third-order valence-electron chi connectivity index (χ3n) is 3.98. The number of nitrogens with zero attached hydrogens (tertiary/aromatic N) is 1. The Morgan fingerprint density at radius 3 is 2.22 bits per heavy atom. The van der Waals surface area contributed by atoms with Gasteiger partial charge in [-0.15, -0.1) is 0 Å². The SMILES string of the molecule is CC[C@H](C(=O)NCc1ccccc1CN(C)C)c1ccccc1. The van der Waals surface area contributed by atoms with Crippen molar-refractivity contribution in [2.45, 2.75) is 32.4 Å². The summed E-state index contributed by atoms with van der Waals surface area (Å²) in [7, 11) is 4.11. The van der Waals surface area contributed by atoms with Crippen LogP contribution < -0.4 is 5.32 Å². The molecule has 0 saturated carbocycles. The van der Waals surface area contributed by atoms with Crippen LogP contribution in [0.15, 0.2) is 54.6 Å². The van der Waals surface area contributed by atoms with Crippen molar-refractivity contribution in [3.8, 4) is 0 Å². The van der Waals surface area contributed by atoms with Crippen molar-refractivity contribution in [2.24, 2.45) is 0 Å². The molecule has 122 valence electrons. The Morgan fingerprint density at radius 1 is 1.00 bits per heavy atom. The monoisotopic (exact) mass is 310 g/mol. The fourth-order valence-electron chi connectivity index (χ4n) is 2.79. The fourth-order valence-corrected chi connectivity index (χ4v) is 2.79. The molecule has 1 atom stereocenters. The molecule has 0 spiro atoms. The van der Waals surface area contributed by atoms with E-state index in [1.807, 2.05) is 42.5 Å². The van der Waals surface area contributed by atoms with E-state index in [0.29, 0.717) is 6.54 Å². The standard InChI is InChI=1S/C20H26N2O/c1-4-19(16-10-6-5-7-11-16)20(23)21-14-17-12-8-9-13-18(17)15-22(2)3/h5-13,19H,4,14-15H2,1-3H3,(H,21,23)/t19-/m0/s1. The minimum atomic E-state index is -0.0859. The van der Waals surface area contributed by atoms with Gasteiger partial charge in [0.25, 0.3) is 0 Å². The molecule has 0 aliphatic carbocycles. The first kappa shape index (κ1) is 17.2. The first-order valence-electron chi connectivity index (χ1n) is 8.16. The molecule has 0 heterocycles. The average molecular weight is 310 g/mol. The van der Waals surface area contributed by atoms with Crippen molar-refractivity contribution in [3.05, 3.63) is 71.3 Å². The smallest absolute Gasteiger partial charge is 0.227 e. The molecule has 0 aliphatic heterocycles. The van der Waals surface area contributed by atoms with E-state index in [9.17, 15) is 4.79 Å². The van der Waals surface area contributed by atoms with Gasteiger partial charge in [0.05, 0.1) is 5.92 Å². The molecule has 23 heavy (non-hydrogen) atoms.